The summed E-state index contributed by atoms with van der Waals surface area (Å²) < 4.78 is 55.7. The molecule has 0 fully saturated rings. The molecule has 2 aromatic heterocycles. The molecular formula is C16H13F4N5O3. The zero-order valence-electron chi connectivity index (χ0n) is 14.0. The zero-order valence-corrected chi connectivity index (χ0v) is 14.0. The fourth-order valence-electron chi connectivity index (χ4n) is 2.75. The van der Waals surface area contributed by atoms with Crippen LogP contribution >= 0.6 is 0 Å². The number of nitro groups is 1. The van der Waals surface area contributed by atoms with Crippen LogP contribution < -0.4 is 5.32 Å². The van der Waals surface area contributed by atoms with Crippen LogP contribution in [0.1, 0.15) is 18.0 Å². The van der Waals surface area contributed by atoms with Crippen LogP contribution in [0.5, 0.6) is 0 Å². The third kappa shape index (κ3) is 3.94. The van der Waals surface area contributed by atoms with Crippen molar-refractivity contribution in [2.24, 2.45) is 0 Å². The van der Waals surface area contributed by atoms with E-state index in [1.54, 1.807) is 0 Å². The summed E-state index contributed by atoms with van der Waals surface area (Å²) >= 11 is 0. The molecule has 0 aliphatic rings. The number of fused-ring (bicyclic) bond motifs is 1. The molecule has 8 nitrogen and oxygen atoms in total. The fourth-order valence-corrected chi connectivity index (χ4v) is 2.75. The van der Waals surface area contributed by atoms with Gasteiger partial charge >= 0.3 is 11.9 Å². The maximum Gasteiger partial charge on any atom is 0.412 e. The number of hydrogen-bond donors (Lipinski definition) is 2. The molecule has 0 aliphatic heterocycles. The predicted molar refractivity (Wildman–Crippen MR) is 88.7 cm³/mol. The Hall–Kier alpha value is -3.44. The van der Waals surface area contributed by atoms with Gasteiger partial charge in [0.15, 0.2) is 6.04 Å². The topological polar surface area (TPSA) is 106 Å². The summed E-state index contributed by atoms with van der Waals surface area (Å²) in [7, 11) is 0. The number of benzene rings is 1. The highest BCUT2D eigenvalue weighted by Crippen LogP contribution is 2.37. The Morgan fingerprint density at radius 3 is 2.79 bits per heavy atom. The molecule has 1 aromatic carbocycles. The largest absolute Gasteiger partial charge is 0.412 e. The summed E-state index contributed by atoms with van der Waals surface area (Å²) in [5.41, 5.74) is -0.575. The molecule has 2 N–H and O–H groups in total. The molecule has 3 aromatic rings. The molecule has 1 atom stereocenters. The summed E-state index contributed by atoms with van der Waals surface area (Å²) in [5, 5.41) is 15.8. The number of aryl methyl sites for hydroxylation is 1. The van der Waals surface area contributed by atoms with Crippen LogP contribution in [-0.2, 0) is 11.3 Å². The average Bonchev–Trinajstić information content (AvgIpc) is 3.24. The van der Waals surface area contributed by atoms with Gasteiger partial charge in [0.05, 0.1) is 4.92 Å². The van der Waals surface area contributed by atoms with Gasteiger partial charge in [0.1, 0.15) is 18.2 Å². The predicted octanol–water partition coefficient (Wildman–Crippen LogP) is 3.22. The lowest BCUT2D eigenvalue weighted by Crippen LogP contribution is -2.38. The minimum Gasteiger partial charge on any atom is -0.361 e. The molecule has 28 heavy (non-hydrogen) atoms. The van der Waals surface area contributed by atoms with Crippen molar-refractivity contribution in [2.75, 3.05) is 0 Å². The molecule has 2 heterocycles. The lowest BCUT2D eigenvalue weighted by atomic mass is 10.0. The van der Waals surface area contributed by atoms with E-state index >= 15 is 0 Å². The Morgan fingerprint density at radius 2 is 2.14 bits per heavy atom. The number of hydrogen-bond acceptors (Lipinski definition) is 4. The number of carbonyl (C=O) groups is 1. The zero-order chi connectivity index (χ0) is 20.5. The monoisotopic (exact) mass is 399 g/mol. The van der Waals surface area contributed by atoms with Crippen molar-refractivity contribution in [3.63, 3.8) is 0 Å². The van der Waals surface area contributed by atoms with Crippen LogP contribution in [0.25, 0.3) is 10.9 Å². The van der Waals surface area contributed by atoms with Crippen molar-refractivity contribution in [1.82, 2.24) is 20.1 Å². The van der Waals surface area contributed by atoms with E-state index in [2.05, 4.69) is 10.1 Å². The van der Waals surface area contributed by atoms with Crippen molar-refractivity contribution in [2.45, 2.75) is 25.2 Å². The molecule has 0 saturated carbocycles. The Morgan fingerprint density at radius 1 is 1.39 bits per heavy atom. The van der Waals surface area contributed by atoms with E-state index < -0.39 is 40.9 Å². The normalized spacial score (nSPS) is 12.9. The van der Waals surface area contributed by atoms with E-state index in [4.69, 9.17) is 0 Å². The number of H-pyrrole nitrogens is 1. The molecule has 148 valence electrons. The highest BCUT2D eigenvalue weighted by molar-refractivity contribution is 5.85. The van der Waals surface area contributed by atoms with Crippen LogP contribution in [0.15, 0.2) is 36.8 Å². The van der Waals surface area contributed by atoms with Gasteiger partial charge in [-0.25, -0.2) is 4.39 Å². The third-order valence-corrected chi connectivity index (χ3v) is 4.03. The second-order valence-electron chi connectivity index (χ2n) is 5.92. The van der Waals surface area contributed by atoms with Gasteiger partial charge < -0.3 is 10.3 Å². The Bertz CT molecular complexity index is 1030. The summed E-state index contributed by atoms with van der Waals surface area (Å²) in [6.45, 7) is -0.160. The minimum atomic E-state index is -4.86. The van der Waals surface area contributed by atoms with Gasteiger partial charge in [0, 0.05) is 35.6 Å². The van der Waals surface area contributed by atoms with Crippen molar-refractivity contribution < 1.29 is 27.3 Å². The third-order valence-electron chi connectivity index (χ3n) is 4.03. The lowest BCUT2D eigenvalue weighted by molar-refractivity contribution is -0.385. The average molecular weight is 399 g/mol. The first kappa shape index (κ1) is 19.3. The molecule has 0 spiro atoms. The fraction of sp³-hybridized carbons (Fsp3) is 0.250. The summed E-state index contributed by atoms with van der Waals surface area (Å²) in [5.74, 6) is -1.81. The minimum absolute atomic E-state index is 0.160. The Balaban J connectivity index is 1.77. The van der Waals surface area contributed by atoms with Crippen molar-refractivity contribution >= 4 is 22.5 Å². The van der Waals surface area contributed by atoms with Gasteiger partial charge in [-0.3, -0.25) is 19.6 Å². The number of nitrogens with one attached hydrogen (secondary N) is 2. The number of alkyl halides is 3. The summed E-state index contributed by atoms with van der Waals surface area (Å²) in [6.07, 6.45) is -2.24. The molecule has 1 amide bonds. The van der Waals surface area contributed by atoms with E-state index in [0.29, 0.717) is 0 Å². The highest BCUT2D eigenvalue weighted by Gasteiger charge is 2.43. The first-order valence-corrected chi connectivity index (χ1v) is 7.95. The van der Waals surface area contributed by atoms with Gasteiger partial charge in [0.2, 0.25) is 5.91 Å². The van der Waals surface area contributed by atoms with Crippen molar-refractivity contribution in [3.8, 4) is 0 Å². The van der Waals surface area contributed by atoms with Gasteiger partial charge in [-0.1, -0.05) is 6.07 Å². The van der Waals surface area contributed by atoms with Gasteiger partial charge in [0.25, 0.3) is 0 Å². The maximum absolute atomic E-state index is 14.0. The van der Waals surface area contributed by atoms with Crippen LogP contribution in [0.4, 0.5) is 23.2 Å². The molecule has 1 unspecified atom stereocenters. The molecule has 0 radical (unpaired) electrons. The Labute approximate surface area is 154 Å². The first-order valence-electron chi connectivity index (χ1n) is 7.95. The van der Waals surface area contributed by atoms with E-state index in [9.17, 15) is 32.5 Å². The van der Waals surface area contributed by atoms with Crippen molar-refractivity contribution in [3.05, 3.63) is 58.3 Å². The molecule has 0 aliphatic carbocycles. The number of halogens is 4. The van der Waals surface area contributed by atoms with Crippen LogP contribution in [0.3, 0.4) is 0 Å². The van der Waals surface area contributed by atoms with Gasteiger partial charge in [-0.2, -0.15) is 18.3 Å². The number of rotatable bonds is 6. The van der Waals surface area contributed by atoms with Crippen LogP contribution in [0, 0.1) is 15.9 Å². The van der Waals surface area contributed by atoms with E-state index in [-0.39, 0.29) is 23.1 Å². The van der Waals surface area contributed by atoms with E-state index in [1.165, 1.54) is 12.1 Å². The lowest BCUT2D eigenvalue weighted by Gasteiger charge is -2.21. The number of aromatic nitrogens is 3. The van der Waals surface area contributed by atoms with Gasteiger partial charge in [-0.05, 0) is 12.1 Å². The summed E-state index contributed by atoms with van der Waals surface area (Å²) in [6, 6.07) is 1.38. The van der Waals surface area contributed by atoms with Crippen molar-refractivity contribution in [1.29, 1.82) is 0 Å². The van der Waals surface area contributed by atoms with E-state index in [0.717, 1.165) is 29.3 Å². The first-order chi connectivity index (χ1) is 13.2. The second kappa shape index (κ2) is 7.29. The highest BCUT2D eigenvalue weighted by atomic mass is 19.4. The van der Waals surface area contributed by atoms with Crippen LogP contribution in [-0.4, -0.2) is 31.8 Å². The molecule has 0 saturated heterocycles. The molecule has 0 bridgehead atoms. The van der Waals surface area contributed by atoms with Crippen LogP contribution in [0.2, 0.25) is 0 Å². The Kier molecular flexibility index (Phi) is 5.03. The molecule has 12 heteroatoms. The quantitative estimate of drug-likeness (QED) is 0.377. The standard InChI is InChI=1S/C16H13F4N5O3/c17-11-2-1-3-12-14(11)10(7-21-12)15(16(18,19)20)23-13(26)4-5-24-8-9(6-22-24)25(27)28/h1-3,6-8,15,21H,4-5H2,(H,23,26). The number of amides is 1. The number of nitrogens with zero attached hydrogens (tertiary/aromatic N) is 3. The molecule has 3 rings (SSSR count). The second-order valence-corrected chi connectivity index (χ2v) is 5.92. The van der Waals surface area contributed by atoms with Gasteiger partial charge in [-0.15, -0.1) is 0 Å². The smallest absolute Gasteiger partial charge is 0.361 e. The maximum atomic E-state index is 14.0. The number of carbonyl (C=O) groups excluding carboxylic acids is 1. The molecular weight excluding hydrogens is 386 g/mol. The SMILES string of the molecule is O=C(CCn1cc([N+](=O)[O-])cn1)NC(c1c[nH]c2cccc(F)c12)C(F)(F)F. The summed E-state index contributed by atoms with van der Waals surface area (Å²) in [4.78, 5) is 24.5. The number of aromatic amines is 1. The van der Waals surface area contributed by atoms with E-state index in [1.807, 2.05) is 5.32 Å².